The van der Waals surface area contributed by atoms with Gasteiger partial charge in [-0.05, 0) is 29.8 Å². The number of amides is 1. The molecule has 0 N–H and O–H groups in total. The average Bonchev–Trinajstić information content (AvgIpc) is 2.95. The van der Waals surface area contributed by atoms with Crippen molar-refractivity contribution in [1.82, 2.24) is 0 Å². The Morgan fingerprint density at radius 1 is 1.26 bits per heavy atom. The van der Waals surface area contributed by atoms with Gasteiger partial charge in [0, 0.05) is 17.0 Å². The number of nitrogens with zero attached hydrogens (tertiary/aromatic N) is 6. The number of thiocarbonyl (C=S) groups is 1. The molecule has 1 aromatic rings. The normalized spacial score (nSPS) is 19.8. The van der Waals surface area contributed by atoms with Gasteiger partial charge >= 0.3 is 0 Å². The summed E-state index contributed by atoms with van der Waals surface area (Å²) in [7, 11) is -2.43. The fourth-order valence-corrected chi connectivity index (χ4v) is 4.02. The van der Waals surface area contributed by atoms with E-state index in [2.05, 4.69) is 20.3 Å². The molecule has 0 radical (unpaired) electrons. The minimum absolute atomic E-state index is 0.0686. The first-order valence-electron chi connectivity index (χ1n) is 7.43. The maximum Gasteiger partial charge on any atom is 0.270 e. The second-order valence-electron chi connectivity index (χ2n) is 5.19. The zero-order valence-electron chi connectivity index (χ0n) is 13.5. The Bertz CT molecular complexity index is 1080. The van der Waals surface area contributed by atoms with Gasteiger partial charge in [0.2, 0.25) is 15.7 Å². The Hall–Kier alpha value is -2.79. The summed E-state index contributed by atoms with van der Waals surface area (Å²) < 4.78 is 22.5. The fourth-order valence-electron chi connectivity index (χ4n) is 2.33. The van der Waals surface area contributed by atoms with Crippen LogP contribution in [0.15, 0.2) is 69.2 Å². The van der Waals surface area contributed by atoms with Crippen molar-refractivity contribution in [3.8, 4) is 0 Å². The number of carbonyl (C=O) groups excluding carboxylic acids is 1. The topological polar surface area (TPSA) is 128 Å². The molecule has 1 atom stereocenters. The van der Waals surface area contributed by atoms with Crippen LogP contribution in [0.1, 0.15) is 6.42 Å². The highest BCUT2D eigenvalue weighted by molar-refractivity contribution is 8.25. The van der Waals surface area contributed by atoms with Crippen LogP contribution in [0.5, 0.6) is 0 Å². The molecule has 0 saturated carbocycles. The van der Waals surface area contributed by atoms with E-state index in [-0.39, 0.29) is 28.6 Å². The average molecular weight is 418 g/mol. The van der Waals surface area contributed by atoms with Gasteiger partial charge in [-0.15, -0.1) is 0 Å². The Balaban J connectivity index is 1.86. The van der Waals surface area contributed by atoms with Crippen LogP contribution in [0.2, 0.25) is 0 Å². The van der Waals surface area contributed by atoms with E-state index >= 15 is 0 Å². The highest BCUT2D eigenvalue weighted by Gasteiger charge is 2.38. The van der Waals surface area contributed by atoms with E-state index in [1.165, 1.54) is 17.1 Å². The number of hydrogen-bond donors (Lipinski definition) is 0. The van der Waals surface area contributed by atoms with Gasteiger partial charge in [0.05, 0.1) is 16.2 Å². The number of rotatable bonds is 4. The van der Waals surface area contributed by atoms with Gasteiger partial charge in [-0.3, -0.25) is 9.69 Å². The molecule has 1 amide bonds. The van der Waals surface area contributed by atoms with Crippen molar-refractivity contribution in [2.24, 2.45) is 15.3 Å². The van der Waals surface area contributed by atoms with Gasteiger partial charge < -0.3 is 0 Å². The van der Waals surface area contributed by atoms with Gasteiger partial charge in [0.25, 0.3) is 5.91 Å². The molecule has 0 aromatic heterocycles. The van der Waals surface area contributed by atoms with E-state index in [0.29, 0.717) is 10.0 Å². The number of azo groups is 1. The van der Waals surface area contributed by atoms with Crippen molar-refractivity contribution in [3.05, 3.63) is 64.3 Å². The SMILES string of the molecule is [N-]=[N+]=NC1=C(N=NC2SC(=S)N(c3ccccc3)C2=O)C=CC(=S(=O)=O)C1. The van der Waals surface area contributed by atoms with Crippen molar-refractivity contribution in [2.45, 2.75) is 11.8 Å². The molecule has 27 heavy (non-hydrogen) atoms. The Labute approximate surface area is 164 Å². The number of allylic oxidation sites excluding steroid dienone is 3. The summed E-state index contributed by atoms with van der Waals surface area (Å²) in [6.07, 6.45) is 2.63. The third kappa shape index (κ3) is 4.14. The van der Waals surface area contributed by atoms with Gasteiger partial charge in [-0.25, -0.2) is 0 Å². The first kappa shape index (κ1) is 19.0. The van der Waals surface area contributed by atoms with Crippen molar-refractivity contribution < 1.29 is 13.2 Å². The van der Waals surface area contributed by atoms with Crippen LogP contribution in [-0.2, 0) is 15.1 Å². The van der Waals surface area contributed by atoms with E-state index in [1.807, 2.05) is 6.07 Å². The fraction of sp³-hybridized carbons (Fsp3) is 0.133. The lowest BCUT2D eigenvalue weighted by molar-refractivity contribution is -0.116. The van der Waals surface area contributed by atoms with Gasteiger partial charge in [0.1, 0.15) is 4.32 Å². The molecule has 1 saturated heterocycles. The molecule has 3 rings (SSSR count). The Kier molecular flexibility index (Phi) is 5.81. The highest BCUT2D eigenvalue weighted by Crippen LogP contribution is 2.33. The number of benzene rings is 1. The zero-order chi connectivity index (χ0) is 19.4. The molecule has 12 heteroatoms. The second kappa shape index (κ2) is 8.27. The van der Waals surface area contributed by atoms with Crippen LogP contribution in [0.25, 0.3) is 10.4 Å². The van der Waals surface area contributed by atoms with E-state index < -0.39 is 15.7 Å². The maximum atomic E-state index is 12.6. The summed E-state index contributed by atoms with van der Waals surface area (Å²) >= 11 is 6.34. The molecule has 1 unspecified atom stereocenters. The van der Waals surface area contributed by atoms with Crippen LogP contribution in [-0.4, -0.2) is 28.9 Å². The minimum atomic E-state index is -2.43. The number of para-hydroxylation sites is 1. The van der Waals surface area contributed by atoms with E-state index in [0.717, 1.165) is 11.8 Å². The molecule has 1 aliphatic carbocycles. The molecular weight excluding hydrogens is 408 g/mol. The molecule has 0 bridgehead atoms. The van der Waals surface area contributed by atoms with E-state index in [9.17, 15) is 13.2 Å². The lowest BCUT2D eigenvalue weighted by Gasteiger charge is -2.14. The summed E-state index contributed by atoms with van der Waals surface area (Å²) in [6.45, 7) is 0. The first-order chi connectivity index (χ1) is 13.0. The third-order valence-electron chi connectivity index (χ3n) is 3.56. The highest BCUT2D eigenvalue weighted by atomic mass is 32.2. The third-order valence-corrected chi connectivity index (χ3v) is 5.64. The molecule has 1 fully saturated rings. The molecular formula is C15H10N6O3S3. The standard InChI is InChI=1S/C15H10N6O3S3/c16-20-18-12-8-10(27(23)24)6-7-11(12)17-19-13-14(22)21(15(25)26-13)9-4-2-1-3-5-9/h1-7,13H,8H2. The number of anilines is 1. The van der Waals surface area contributed by atoms with Gasteiger partial charge in [-0.1, -0.05) is 47.3 Å². The van der Waals surface area contributed by atoms with Crippen LogP contribution in [0.4, 0.5) is 5.69 Å². The van der Waals surface area contributed by atoms with Gasteiger partial charge in [0.15, 0.2) is 0 Å². The van der Waals surface area contributed by atoms with Crippen molar-refractivity contribution in [3.63, 3.8) is 0 Å². The van der Waals surface area contributed by atoms with Crippen molar-refractivity contribution >= 4 is 55.1 Å². The summed E-state index contributed by atoms with van der Waals surface area (Å²) in [5.41, 5.74) is 9.61. The Morgan fingerprint density at radius 3 is 2.67 bits per heavy atom. The largest absolute Gasteiger partial charge is 0.270 e. The molecule has 0 spiro atoms. The summed E-state index contributed by atoms with van der Waals surface area (Å²) in [5, 5.41) is 10.6. The number of thioether (sulfide) groups is 1. The second-order valence-corrected chi connectivity index (χ2v) is 7.90. The van der Waals surface area contributed by atoms with E-state index in [1.54, 1.807) is 24.3 Å². The van der Waals surface area contributed by atoms with Crippen molar-refractivity contribution in [1.29, 1.82) is 0 Å². The molecule has 1 aliphatic heterocycles. The molecule has 9 nitrogen and oxygen atoms in total. The van der Waals surface area contributed by atoms with E-state index in [4.69, 9.17) is 17.7 Å². The summed E-state index contributed by atoms with van der Waals surface area (Å²) in [5.74, 6) is -0.335. The van der Waals surface area contributed by atoms with Crippen LogP contribution in [0.3, 0.4) is 0 Å². The Morgan fingerprint density at radius 2 is 2.00 bits per heavy atom. The first-order valence-corrected chi connectivity index (χ1v) is 9.79. The summed E-state index contributed by atoms with van der Waals surface area (Å²) in [6, 6.07) is 8.94. The van der Waals surface area contributed by atoms with Gasteiger partial charge in [-0.2, -0.15) is 18.6 Å². The predicted octanol–water partition coefficient (Wildman–Crippen LogP) is 3.36. The lowest BCUT2D eigenvalue weighted by Crippen LogP contribution is -2.30. The lowest BCUT2D eigenvalue weighted by atomic mass is 10.1. The summed E-state index contributed by atoms with van der Waals surface area (Å²) in [4.78, 5) is 16.7. The monoisotopic (exact) mass is 418 g/mol. The zero-order valence-corrected chi connectivity index (χ0v) is 15.9. The maximum absolute atomic E-state index is 12.6. The molecule has 2 aliphatic rings. The molecule has 1 aromatic carbocycles. The van der Waals surface area contributed by atoms with Crippen molar-refractivity contribution in [2.75, 3.05) is 4.90 Å². The molecule has 136 valence electrons. The molecule has 1 heterocycles. The van der Waals surface area contributed by atoms with Crippen LogP contribution < -0.4 is 4.90 Å². The number of azide groups is 1. The number of carbonyl (C=O) groups is 1. The van der Waals surface area contributed by atoms with Crippen LogP contribution in [0, 0.1) is 0 Å². The smallest absolute Gasteiger partial charge is 0.270 e. The minimum Gasteiger partial charge on any atom is -0.270 e. The quantitative estimate of drug-likeness (QED) is 0.320. The van der Waals surface area contributed by atoms with Crippen LogP contribution >= 0.6 is 24.0 Å². The number of hydrogen-bond acceptors (Lipinski definition) is 8. The predicted molar refractivity (Wildman–Crippen MR) is 107 cm³/mol.